The largest absolute Gasteiger partial charge is 0.461 e. The average molecular weight is 242 g/mol. The third-order valence-corrected chi connectivity index (χ3v) is 3.32. The lowest BCUT2D eigenvalue weighted by Gasteiger charge is -2.15. The quantitative estimate of drug-likeness (QED) is 0.766. The molecular weight excluding hydrogens is 232 g/mol. The number of Topliss-reactive ketones (excluding diaryl/α,β-unsaturated/α-hetero) is 1. The van der Waals surface area contributed by atoms with E-state index < -0.39 is 0 Å². The summed E-state index contributed by atoms with van der Waals surface area (Å²) in [5, 5.41) is 0. The van der Waals surface area contributed by atoms with Crippen molar-refractivity contribution in [3.8, 4) is 0 Å². The van der Waals surface area contributed by atoms with Crippen molar-refractivity contribution in [2.45, 2.75) is 13.0 Å². The number of aryl methyl sites for hydroxylation is 1. The Hall–Kier alpha value is -2.30. The Morgan fingerprint density at radius 2 is 2.28 bits per heavy atom. The van der Waals surface area contributed by atoms with Gasteiger partial charge in [0.2, 0.25) is 12.6 Å². The monoisotopic (exact) mass is 242 g/mol. The molecule has 0 saturated heterocycles. The topological polar surface area (TPSA) is 53.4 Å². The molecule has 18 heavy (non-hydrogen) atoms. The maximum Gasteiger partial charge on any atom is 0.230 e. The first-order valence-electron chi connectivity index (χ1n) is 5.82. The zero-order chi connectivity index (χ0) is 12.1. The number of nitrogens with zero attached hydrogens (tertiary/aromatic N) is 2. The van der Waals surface area contributed by atoms with Crippen molar-refractivity contribution in [1.29, 1.82) is 0 Å². The second-order valence-corrected chi connectivity index (χ2v) is 4.34. The molecule has 5 heteroatoms. The van der Waals surface area contributed by atoms with Crippen LogP contribution in [-0.4, -0.2) is 22.1 Å². The van der Waals surface area contributed by atoms with Crippen molar-refractivity contribution in [3.05, 3.63) is 35.8 Å². The van der Waals surface area contributed by atoms with Crippen LogP contribution in [0.3, 0.4) is 0 Å². The van der Waals surface area contributed by atoms with Crippen LogP contribution in [-0.2, 0) is 16.0 Å². The number of aromatic nitrogens is 2. The molecule has 4 rings (SSSR count). The number of carbonyl (C=O) groups is 1. The van der Waals surface area contributed by atoms with Crippen molar-refractivity contribution in [1.82, 2.24) is 9.55 Å². The number of hydrogen-bond acceptors (Lipinski definition) is 4. The zero-order valence-electron chi connectivity index (χ0n) is 9.55. The second-order valence-electron chi connectivity index (χ2n) is 4.34. The Morgan fingerprint density at radius 1 is 1.33 bits per heavy atom. The number of carbonyl (C=O) groups excluding carboxylic acids is 1. The molecule has 3 heterocycles. The third-order valence-electron chi connectivity index (χ3n) is 3.32. The molecule has 0 N–H and O–H groups in total. The number of imidazole rings is 1. The van der Waals surface area contributed by atoms with Gasteiger partial charge in [-0.3, -0.25) is 4.79 Å². The summed E-state index contributed by atoms with van der Waals surface area (Å²) in [4.78, 5) is 16.4. The lowest BCUT2D eigenvalue weighted by Crippen LogP contribution is -2.15. The van der Waals surface area contributed by atoms with Gasteiger partial charge in [-0.25, -0.2) is 4.98 Å². The predicted molar refractivity (Wildman–Crippen MR) is 63.7 cm³/mol. The Labute approximate surface area is 103 Å². The summed E-state index contributed by atoms with van der Waals surface area (Å²) in [6.45, 7) is 0.868. The number of ketones is 1. The lowest BCUT2D eigenvalue weighted by atomic mass is 10.0. The predicted octanol–water partition coefficient (Wildman–Crippen LogP) is 1.93. The van der Waals surface area contributed by atoms with Gasteiger partial charge in [-0.05, 0) is 12.1 Å². The van der Waals surface area contributed by atoms with Crippen LogP contribution in [0, 0.1) is 0 Å². The number of rotatable bonds is 1. The van der Waals surface area contributed by atoms with Crippen LogP contribution in [0.5, 0.6) is 0 Å². The lowest BCUT2D eigenvalue weighted by molar-refractivity contribution is 0.0965. The SMILES string of the molecule is O=C1CCn2c(C3=COCO3)nc3cccc1c32. The fourth-order valence-corrected chi connectivity index (χ4v) is 2.52. The molecule has 1 aromatic heterocycles. The van der Waals surface area contributed by atoms with Gasteiger partial charge in [-0.2, -0.15) is 0 Å². The smallest absolute Gasteiger partial charge is 0.230 e. The molecule has 0 spiro atoms. The van der Waals surface area contributed by atoms with Crippen LogP contribution in [0.1, 0.15) is 22.6 Å². The number of para-hydroxylation sites is 1. The molecule has 0 fully saturated rings. The van der Waals surface area contributed by atoms with E-state index in [2.05, 4.69) is 4.98 Å². The zero-order valence-corrected chi connectivity index (χ0v) is 9.55. The van der Waals surface area contributed by atoms with E-state index in [1.807, 2.05) is 22.8 Å². The fourth-order valence-electron chi connectivity index (χ4n) is 2.52. The summed E-state index contributed by atoms with van der Waals surface area (Å²) < 4.78 is 12.5. The molecule has 0 amide bonds. The van der Waals surface area contributed by atoms with E-state index in [1.54, 1.807) is 6.26 Å². The molecule has 2 aromatic rings. The van der Waals surface area contributed by atoms with E-state index in [9.17, 15) is 4.79 Å². The second kappa shape index (κ2) is 3.35. The molecule has 0 atom stereocenters. The van der Waals surface area contributed by atoms with E-state index >= 15 is 0 Å². The molecule has 0 saturated carbocycles. The van der Waals surface area contributed by atoms with Gasteiger partial charge >= 0.3 is 0 Å². The minimum Gasteiger partial charge on any atom is -0.461 e. The molecule has 0 aliphatic carbocycles. The maximum atomic E-state index is 11.9. The number of ether oxygens (including phenoxy) is 2. The number of hydrogen-bond donors (Lipinski definition) is 0. The highest BCUT2D eigenvalue weighted by atomic mass is 16.7. The molecule has 5 nitrogen and oxygen atoms in total. The highest BCUT2D eigenvalue weighted by Gasteiger charge is 2.26. The van der Waals surface area contributed by atoms with Gasteiger partial charge in [-0.1, -0.05) is 6.07 Å². The van der Waals surface area contributed by atoms with E-state index in [1.165, 1.54) is 0 Å². The Bertz CT molecular complexity index is 700. The Kier molecular flexibility index (Phi) is 1.81. The third kappa shape index (κ3) is 1.16. The number of benzene rings is 1. The standard InChI is InChI=1S/C13H10N2O3/c16-10-4-5-15-12-8(10)2-1-3-9(12)14-13(15)11-6-17-7-18-11/h1-3,6H,4-5,7H2. The van der Waals surface area contributed by atoms with Crippen LogP contribution in [0.4, 0.5) is 0 Å². The van der Waals surface area contributed by atoms with E-state index in [0.29, 0.717) is 18.7 Å². The van der Waals surface area contributed by atoms with Crippen molar-refractivity contribution >= 4 is 22.6 Å². The van der Waals surface area contributed by atoms with Crippen LogP contribution >= 0.6 is 0 Å². The summed E-state index contributed by atoms with van der Waals surface area (Å²) in [7, 11) is 0. The molecule has 90 valence electrons. The van der Waals surface area contributed by atoms with Gasteiger partial charge in [-0.15, -0.1) is 0 Å². The summed E-state index contributed by atoms with van der Waals surface area (Å²) in [6, 6.07) is 5.63. The fraction of sp³-hybridized carbons (Fsp3) is 0.231. The minimum atomic E-state index is 0.178. The summed E-state index contributed by atoms with van der Waals surface area (Å²) in [5.74, 6) is 1.55. The van der Waals surface area contributed by atoms with Gasteiger partial charge in [0.1, 0.15) is 6.26 Å². The molecular formula is C13H10N2O3. The summed E-state index contributed by atoms with van der Waals surface area (Å²) in [5.41, 5.74) is 2.48. The Morgan fingerprint density at radius 3 is 3.11 bits per heavy atom. The normalized spacial score (nSPS) is 17.6. The van der Waals surface area contributed by atoms with Gasteiger partial charge in [0, 0.05) is 18.5 Å². The van der Waals surface area contributed by atoms with E-state index in [-0.39, 0.29) is 12.6 Å². The van der Waals surface area contributed by atoms with E-state index in [0.717, 1.165) is 22.4 Å². The highest BCUT2D eigenvalue weighted by molar-refractivity contribution is 6.07. The van der Waals surface area contributed by atoms with Crippen LogP contribution in [0.15, 0.2) is 24.5 Å². The van der Waals surface area contributed by atoms with Crippen LogP contribution in [0.25, 0.3) is 16.8 Å². The van der Waals surface area contributed by atoms with Crippen LogP contribution in [0.2, 0.25) is 0 Å². The molecule has 2 aliphatic heterocycles. The summed E-state index contributed by atoms with van der Waals surface area (Å²) in [6.07, 6.45) is 2.07. The van der Waals surface area contributed by atoms with Crippen molar-refractivity contribution in [2.75, 3.05) is 6.79 Å². The van der Waals surface area contributed by atoms with Crippen molar-refractivity contribution < 1.29 is 14.3 Å². The van der Waals surface area contributed by atoms with Gasteiger partial charge in [0.05, 0.1) is 11.0 Å². The molecule has 0 unspecified atom stereocenters. The first kappa shape index (κ1) is 9.70. The summed E-state index contributed by atoms with van der Waals surface area (Å²) >= 11 is 0. The maximum absolute atomic E-state index is 11.9. The molecule has 0 radical (unpaired) electrons. The minimum absolute atomic E-state index is 0.178. The van der Waals surface area contributed by atoms with Crippen molar-refractivity contribution in [3.63, 3.8) is 0 Å². The van der Waals surface area contributed by atoms with Crippen LogP contribution < -0.4 is 0 Å². The highest BCUT2D eigenvalue weighted by Crippen LogP contribution is 2.30. The van der Waals surface area contributed by atoms with Gasteiger partial charge in [0.15, 0.2) is 11.6 Å². The van der Waals surface area contributed by atoms with Gasteiger partial charge in [0.25, 0.3) is 0 Å². The van der Waals surface area contributed by atoms with Crippen molar-refractivity contribution in [2.24, 2.45) is 0 Å². The van der Waals surface area contributed by atoms with Gasteiger partial charge < -0.3 is 14.0 Å². The molecule has 0 bridgehead atoms. The average Bonchev–Trinajstić information content (AvgIpc) is 3.02. The molecule has 2 aliphatic rings. The molecule has 1 aromatic carbocycles. The Balaban J connectivity index is 2.05. The first-order valence-corrected chi connectivity index (χ1v) is 5.82. The van der Waals surface area contributed by atoms with E-state index in [4.69, 9.17) is 9.47 Å². The first-order chi connectivity index (χ1) is 8.84.